The standard InChI is InChI=1S/C11H24O3S/c1-2-3-4-5-6-7-8-15(14)10-11(13)9-12/h11-13H,2-10H2,1H3. The Morgan fingerprint density at radius 3 is 2.33 bits per heavy atom. The predicted octanol–water partition coefficient (Wildman–Crippen LogP) is 1.45. The fourth-order valence-electron chi connectivity index (χ4n) is 1.39. The Hall–Kier alpha value is 0.230. The molecule has 0 saturated carbocycles. The minimum absolute atomic E-state index is 0.214. The van der Waals surface area contributed by atoms with E-state index in [0.717, 1.165) is 12.8 Å². The van der Waals surface area contributed by atoms with Crippen LogP contribution in [0.1, 0.15) is 45.4 Å². The third-order valence-electron chi connectivity index (χ3n) is 2.31. The maximum atomic E-state index is 11.3. The van der Waals surface area contributed by atoms with Crippen molar-refractivity contribution in [3.8, 4) is 0 Å². The molecular formula is C11H24O3S. The predicted molar refractivity (Wildman–Crippen MR) is 64.3 cm³/mol. The summed E-state index contributed by atoms with van der Waals surface area (Å²) in [7, 11) is 0. The van der Waals surface area contributed by atoms with Gasteiger partial charge in [0.15, 0.2) is 0 Å². The van der Waals surface area contributed by atoms with Gasteiger partial charge >= 0.3 is 0 Å². The van der Waals surface area contributed by atoms with E-state index in [9.17, 15) is 4.55 Å². The Morgan fingerprint density at radius 2 is 1.73 bits per heavy atom. The first-order valence-electron chi connectivity index (χ1n) is 5.84. The van der Waals surface area contributed by atoms with E-state index in [1.807, 2.05) is 0 Å². The quantitative estimate of drug-likeness (QED) is 0.446. The summed E-state index contributed by atoms with van der Waals surface area (Å²) in [5.74, 6) is 0.870. The lowest BCUT2D eigenvalue weighted by molar-refractivity contribution is 0.112. The van der Waals surface area contributed by atoms with Gasteiger partial charge in [0.25, 0.3) is 0 Å². The summed E-state index contributed by atoms with van der Waals surface area (Å²) in [5.41, 5.74) is 0. The van der Waals surface area contributed by atoms with Gasteiger partial charge in [-0.2, -0.15) is 0 Å². The first-order valence-corrected chi connectivity index (χ1v) is 7.33. The van der Waals surface area contributed by atoms with Crippen molar-refractivity contribution in [2.45, 2.75) is 51.6 Å². The first kappa shape index (κ1) is 15.2. The molecule has 0 aromatic carbocycles. The Labute approximate surface area is 96.1 Å². The minimum atomic E-state index is -0.967. The molecule has 0 saturated heterocycles. The van der Waals surface area contributed by atoms with Gasteiger partial charge in [-0.05, 0) is 12.8 Å². The normalized spacial score (nSPS) is 15.2. The first-order chi connectivity index (χ1) is 7.20. The second-order valence-corrected chi connectivity index (χ2v) is 5.54. The van der Waals surface area contributed by atoms with Crippen LogP contribution >= 0.6 is 0 Å². The monoisotopic (exact) mass is 236 g/mol. The van der Waals surface area contributed by atoms with Crippen molar-refractivity contribution in [3.05, 3.63) is 0 Å². The van der Waals surface area contributed by atoms with Gasteiger partial charge in [0.1, 0.15) is 17.6 Å². The van der Waals surface area contributed by atoms with Crippen LogP contribution in [0.4, 0.5) is 0 Å². The van der Waals surface area contributed by atoms with Gasteiger partial charge in [0, 0.05) is 0 Å². The van der Waals surface area contributed by atoms with Crippen molar-refractivity contribution < 1.29 is 14.8 Å². The average Bonchev–Trinajstić information content (AvgIpc) is 2.23. The van der Waals surface area contributed by atoms with Crippen LogP contribution in [-0.2, 0) is 11.2 Å². The molecule has 0 aliphatic carbocycles. The molecule has 0 heterocycles. The topological polar surface area (TPSA) is 63.5 Å². The molecule has 0 radical (unpaired) electrons. The van der Waals surface area contributed by atoms with Gasteiger partial charge < -0.3 is 14.8 Å². The second-order valence-electron chi connectivity index (χ2n) is 3.91. The molecule has 2 N–H and O–H groups in total. The summed E-state index contributed by atoms with van der Waals surface area (Å²) < 4.78 is 11.3. The molecule has 92 valence electrons. The maximum absolute atomic E-state index is 11.3. The summed E-state index contributed by atoms with van der Waals surface area (Å²) in [6.07, 6.45) is 6.29. The van der Waals surface area contributed by atoms with E-state index >= 15 is 0 Å². The van der Waals surface area contributed by atoms with Crippen LogP contribution in [-0.4, -0.2) is 39.0 Å². The van der Waals surface area contributed by atoms with Crippen LogP contribution in [0.3, 0.4) is 0 Å². The molecule has 2 unspecified atom stereocenters. The molecule has 2 atom stereocenters. The van der Waals surface area contributed by atoms with Crippen molar-refractivity contribution in [1.29, 1.82) is 0 Å². The van der Waals surface area contributed by atoms with Crippen LogP contribution in [0.2, 0.25) is 0 Å². The van der Waals surface area contributed by atoms with E-state index in [-0.39, 0.29) is 12.4 Å². The molecule has 0 aliphatic rings. The van der Waals surface area contributed by atoms with Crippen molar-refractivity contribution in [1.82, 2.24) is 0 Å². The zero-order valence-corrected chi connectivity index (χ0v) is 10.5. The zero-order chi connectivity index (χ0) is 11.5. The van der Waals surface area contributed by atoms with E-state index in [1.54, 1.807) is 0 Å². The molecule has 3 nitrogen and oxygen atoms in total. The molecule has 0 fully saturated rings. The Bertz CT molecular complexity index is 133. The van der Waals surface area contributed by atoms with Gasteiger partial charge in [-0.25, -0.2) is 0 Å². The summed E-state index contributed by atoms with van der Waals surface area (Å²) in [5, 5.41) is 17.6. The number of hydrogen-bond acceptors (Lipinski definition) is 3. The zero-order valence-electron chi connectivity index (χ0n) is 9.65. The fraction of sp³-hybridized carbons (Fsp3) is 1.00. The average molecular weight is 236 g/mol. The van der Waals surface area contributed by atoms with Crippen LogP contribution in [0.15, 0.2) is 0 Å². The molecule has 4 heteroatoms. The van der Waals surface area contributed by atoms with Crippen molar-refractivity contribution in [2.75, 3.05) is 18.1 Å². The van der Waals surface area contributed by atoms with Gasteiger partial charge in [0.2, 0.25) is 0 Å². The third kappa shape index (κ3) is 10.5. The van der Waals surface area contributed by atoms with E-state index in [1.165, 1.54) is 25.7 Å². The number of rotatable bonds is 10. The van der Waals surface area contributed by atoms with Gasteiger partial charge in [-0.15, -0.1) is 0 Å². The number of aliphatic hydroxyl groups is 2. The minimum Gasteiger partial charge on any atom is -0.616 e. The highest BCUT2D eigenvalue weighted by Crippen LogP contribution is 2.07. The molecule has 0 spiro atoms. The van der Waals surface area contributed by atoms with Crippen LogP contribution in [0.25, 0.3) is 0 Å². The molecule has 0 rings (SSSR count). The van der Waals surface area contributed by atoms with E-state index in [4.69, 9.17) is 10.2 Å². The van der Waals surface area contributed by atoms with E-state index < -0.39 is 17.3 Å². The van der Waals surface area contributed by atoms with Crippen molar-refractivity contribution in [2.24, 2.45) is 0 Å². The molecule has 15 heavy (non-hydrogen) atoms. The second kappa shape index (κ2) is 10.7. The Kier molecular flexibility index (Phi) is 10.9. The highest BCUT2D eigenvalue weighted by atomic mass is 32.2. The lowest BCUT2D eigenvalue weighted by Crippen LogP contribution is -2.25. The van der Waals surface area contributed by atoms with Crippen LogP contribution < -0.4 is 0 Å². The summed E-state index contributed by atoms with van der Waals surface area (Å²) >= 11 is -0.967. The van der Waals surface area contributed by atoms with Crippen LogP contribution in [0, 0.1) is 0 Å². The van der Waals surface area contributed by atoms with Crippen molar-refractivity contribution in [3.63, 3.8) is 0 Å². The lowest BCUT2D eigenvalue weighted by atomic mass is 10.1. The van der Waals surface area contributed by atoms with Gasteiger partial charge in [-0.3, -0.25) is 0 Å². The molecule has 0 aromatic heterocycles. The SMILES string of the molecule is CCCCCCCC[S+]([O-])CC(O)CO. The third-order valence-corrected chi connectivity index (χ3v) is 3.82. The summed E-state index contributed by atoms with van der Waals surface area (Å²) in [6, 6.07) is 0. The van der Waals surface area contributed by atoms with Crippen LogP contribution in [0.5, 0.6) is 0 Å². The Morgan fingerprint density at radius 1 is 1.13 bits per heavy atom. The highest BCUT2D eigenvalue weighted by molar-refractivity contribution is 7.91. The number of unbranched alkanes of at least 4 members (excludes halogenated alkanes) is 5. The largest absolute Gasteiger partial charge is 0.616 e. The molecule has 0 aliphatic heterocycles. The van der Waals surface area contributed by atoms with Gasteiger partial charge in [-0.1, -0.05) is 43.8 Å². The number of aliphatic hydroxyl groups excluding tert-OH is 2. The summed E-state index contributed by atoms with van der Waals surface area (Å²) in [6.45, 7) is 1.90. The fourth-order valence-corrected chi connectivity index (χ4v) is 2.62. The lowest BCUT2D eigenvalue weighted by Gasteiger charge is -2.13. The smallest absolute Gasteiger partial charge is 0.133 e. The van der Waals surface area contributed by atoms with E-state index in [2.05, 4.69) is 6.92 Å². The molecule has 0 bridgehead atoms. The maximum Gasteiger partial charge on any atom is 0.133 e. The molecule has 0 amide bonds. The van der Waals surface area contributed by atoms with E-state index in [0.29, 0.717) is 5.75 Å². The highest BCUT2D eigenvalue weighted by Gasteiger charge is 2.12. The van der Waals surface area contributed by atoms with Gasteiger partial charge in [0.05, 0.1) is 6.61 Å². The summed E-state index contributed by atoms with van der Waals surface area (Å²) in [4.78, 5) is 0. The number of hydrogen-bond donors (Lipinski definition) is 2. The van der Waals surface area contributed by atoms with Crippen molar-refractivity contribution >= 4 is 11.2 Å². The Balaban J connectivity index is 3.20. The molecular weight excluding hydrogens is 212 g/mol. The molecule has 0 aromatic rings.